The van der Waals surface area contributed by atoms with E-state index in [1.807, 2.05) is 6.92 Å². The van der Waals surface area contributed by atoms with E-state index in [-0.39, 0.29) is 22.7 Å². The first-order valence-corrected chi connectivity index (χ1v) is 8.20. The Morgan fingerprint density at radius 2 is 2.14 bits per heavy atom. The Bertz CT molecular complexity index is 784. The van der Waals surface area contributed by atoms with E-state index in [2.05, 4.69) is 9.71 Å². The van der Waals surface area contributed by atoms with Crippen LogP contribution in [0.2, 0.25) is 0 Å². The Labute approximate surface area is 126 Å². The van der Waals surface area contributed by atoms with Crippen molar-refractivity contribution in [2.75, 3.05) is 5.73 Å². The number of anilines is 1. The quantitative estimate of drug-likeness (QED) is 0.693. The predicted octanol–water partition coefficient (Wildman–Crippen LogP) is 0.611. The summed E-state index contributed by atoms with van der Waals surface area (Å²) in [5, 5.41) is 0.856. The molecule has 0 fully saturated rings. The number of aromatic nitrogens is 1. The second kappa shape index (κ2) is 5.80. The number of rotatable bonds is 5. The molecule has 0 atom stereocenters. The molecule has 0 aliphatic carbocycles. The maximum Gasteiger partial charge on any atom is 0.248 e. The van der Waals surface area contributed by atoms with Crippen LogP contribution in [0.4, 0.5) is 5.69 Å². The van der Waals surface area contributed by atoms with Gasteiger partial charge in [0.15, 0.2) is 0 Å². The van der Waals surface area contributed by atoms with Gasteiger partial charge < -0.3 is 11.5 Å². The Balaban J connectivity index is 2.21. The zero-order valence-corrected chi connectivity index (χ0v) is 12.8. The summed E-state index contributed by atoms with van der Waals surface area (Å²) < 4.78 is 26.8. The lowest BCUT2D eigenvalue weighted by Crippen LogP contribution is -2.24. The molecule has 5 N–H and O–H groups in total. The number of thiazole rings is 1. The summed E-state index contributed by atoms with van der Waals surface area (Å²) in [5.74, 6) is -0.668. The molecular weight excluding hydrogens is 312 g/mol. The van der Waals surface area contributed by atoms with Gasteiger partial charge in [-0.25, -0.2) is 18.1 Å². The first-order valence-electron chi connectivity index (χ1n) is 5.90. The van der Waals surface area contributed by atoms with Gasteiger partial charge in [0, 0.05) is 23.2 Å². The van der Waals surface area contributed by atoms with Gasteiger partial charge in [0.1, 0.15) is 4.90 Å². The van der Waals surface area contributed by atoms with Gasteiger partial charge in [-0.1, -0.05) is 0 Å². The summed E-state index contributed by atoms with van der Waals surface area (Å²) in [6, 6.07) is 3.83. The van der Waals surface area contributed by atoms with Gasteiger partial charge in [-0.05, 0) is 25.1 Å². The van der Waals surface area contributed by atoms with Crippen LogP contribution in [0.1, 0.15) is 20.2 Å². The van der Waals surface area contributed by atoms with Gasteiger partial charge in [-0.15, -0.1) is 11.3 Å². The van der Waals surface area contributed by atoms with E-state index in [4.69, 9.17) is 11.5 Å². The topological polar surface area (TPSA) is 128 Å². The van der Waals surface area contributed by atoms with Crippen LogP contribution in [0, 0.1) is 6.92 Å². The minimum atomic E-state index is -3.77. The molecule has 9 heteroatoms. The molecular formula is C12H14N4O3S2. The number of nitrogen functional groups attached to an aromatic ring is 1. The van der Waals surface area contributed by atoms with Gasteiger partial charge in [0.05, 0.1) is 10.7 Å². The van der Waals surface area contributed by atoms with E-state index >= 15 is 0 Å². The number of nitrogens with one attached hydrogen (secondary N) is 1. The first-order chi connectivity index (χ1) is 9.79. The molecule has 0 aliphatic heterocycles. The first kappa shape index (κ1) is 15.4. The number of aryl methyl sites for hydroxylation is 1. The van der Waals surface area contributed by atoms with Crippen molar-refractivity contribution in [3.8, 4) is 0 Å². The van der Waals surface area contributed by atoms with Crippen molar-refractivity contribution in [2.45, 2.75) is 18.4 Å². The highest BCUT2D eigenvalue weighted by Gasteiger charge is 2.18. The number of amides is 1. The SMILES string of the molecule is Cc1ncc(CNS(=O)(=O)c2ccc(C(N)=O)cc2N)s1. The number of benzene rings is 1. The lowest BCUT2D eigenvalue weighted by atomic mass is 10.2. The number of hydrogen-bond acceptors (Lipinski definition) is 6. The number of hydrogen-bond donors (Lipinski definition) is 3. The van der Waals surface area contributed by atoms with Gasteiger partial charge in [-0.3, -0.25) is 4.79 Å². The molecule has 0 spiro atoms. The Morgan fingerprint density at radius 1 is 1.43 bits per heavy atom. The van der Waals surface area contributed by atoms with Gasteiger partial charge in [-0.2, -0.15) is 0 Å². The van der Waals surface area contributed by atoms with Gasteiger partial charge in [0.2, 0.25) is 15.9 Å². The summed E-state index contributed by atoms with van der Waals surface area (Å²) in [6.07, 6.45) is 1.61. The summed E-state index contributed by atoms with van der Waals surface area (Å²) in [5.41, 5.74) is 10.9. The van der Waals surface area contributed by atoms with E-state index < -0.39 is 15.9 Å². The molecule has 0 saturated carbocycles. The highest BCUT2D eigenvalue weighted by Crippen LogP contribution is 2.20. The molecule has 0 saturated heterocycles. The minimum absolute atomic E-state index is 0.0284. The maximum absolute atomic E-state index is 12.2. The highest BCUT2D eigenvalue weighted by molar-refractivity contribution is 7.89. The lowest BCUT2D eigenvalue weighted by Gasteiger charge is -2.09. The molecule has 1 aromatic carbocycles. The standard InChI is InChI=1S/C12H14N4O3S2/c1-7-15-5-9(20-7)6-16-21(18,19)11-3-2-8(12(14)17)4-10(11)13/h2-5,16H,6,13H2,1H3,(H2,14,17). The number of carbonyl (C=O) groups excluding carboxylic acids is 1. The third kappa shape index (κ3) is 3.57. The fourth-order valence-electron chi connectivity index (χ4n) is 1.68. The van der Waals surface area contributed by atoms with Crippen LogP contribution >= 0.6 is 11.3 Å². The molecule has 1 aromatic heterocycles. The van der Waals surface area contributed by atoms with Gasteiger partial charge in [0.25, 0.3) is 0 Å². The zero-order chi connectivity index (χ0) is 15.6. The van der Waals surface area contributed by atoms with Gasteiger partial charge >= 0.3 is 0 Å². The summed E-state index contributed by atoms with van der Waals surface area (Å²) in [4.78, 5) is 15.8. The zero-order valence-electron chi connectivity index (χ0n) is 11.2. The normalized spacial score (nSPS) is 11.5. The van der Waals surface area contributed by atoms with Crippen LogP contribution in [-0.4, -0.2) is 19.3 Å². The molecule has 112 valence electrons. The number of nitrogens with zero attached hydrogens (tertiary/aromatic N) is 1. The van der Waals surface area contributed by atoms with E-state index in [0.29, 0.717) is 0 Å². The molecule has 21 heavy (non-hydrogen) atoms. The predicted molar refractivity (Wildman–Crippen MR) is 80.2 cm³/mol. The average molecular weight is 326 g/mol. The molecule has 2 rings (SSSR count). The fraction of sp³-hybridized carbons (Fsp3) is 0.167. The van der Waals surface area contributed by atoms with E-state index in [9.17, 15) is 13.2 Å². The molecule has 7 nitrogen and oxygen atoms in total. The molecule has 1 heterocycles. The second-order valence-electron chi connectivity index (χ2n) is 4.29. The van der Waals surface area contributed by atoms with Crippen molar-refractivity contribution in [1.29, 1.82) is 0 Å². The fourth-order valence-corrected chi connectivity index (χ4v) is 3.62. The summed E-state index contributed by atoms with van der Waals surface area (Å²) >= 11 is 1.40. The molecule has 0 bridgehead atoms. The molecule has 0 aliphatic rings. The smallest absolute Gasteiger partial charge is 0.248 e. The largest absolute Gasteiger partial charge is 0.398 e. The van der Waals surface area contributed by atoms with Crippen molar-refractivity contribution in [1.82, 2.24) is 9.71 Å². The minimum Gasteiger partial charge on any atom is -0.398 e. The molecule has 1 amide bonds. The molecule has 0 radical (unpaired) electrons. The van der Waals surface area contributed by atoms with Crippen LogP contribution in [0.15, 0.2) is 29.3 Å². The third-order valence-corrected chi connectivity index (χ3v) is 5.08. The number of sulfonamides is 1. The number of primary amides is 1. The maximum atomic E-state index is 12.2. The van der Waals surface area contributed by atoms with E-state index in [1.165, 1.54) is 29.5 Å². The van der Waals surface area contributed by atoms with Crippen molar-refractivity contribution in [3.63, 3.8) is 0 Å². The van der Waals surface area contributed by atoms with Crippen molar-refractivity contribution < 1.29 is 13.2 Å². The summed E-state index contributed by atoms with van der Waals surface area (Å²) in [6.45, 7) is 1.97. The van der Waals surface area contributed by atoms with Crippen molar-refractivity contribution >= 4 is 33.0 Å². The Hall–Kier alpha value is -1.97. The Kier molecular flexibility index (Phi) is 4.26. The van der Waals surface area contributed by atoms with E-state index in [0.717, 1.165) is 9.88 Å². The third-order valence-electron chi connectivity index (χ3n) is 2.69. The Morgan fingerprint density at radius 3 is 2.67 bits per heavy atom. The number of nitrogens with two attached hydrogens (primary N) is 2. The van der Waals surface area contributed by atoms with Crippen LogP contribution in [0.3, 0.4) is 0 Å². The van der Waals surface area contributed by atoms with Crippen molar-refractivity contribution in [2.24, 2.45) is 5.73 Å². The van der Waals surface area contributed by atoms with Crippen LogP contribution in [0.25, 0.3) is 0 Å². The average Bonchev–Trinajstić information content (AvgIpc) is 2.82. The monoisotopic (exact) mass is 326 g/mol. The highest BCUT2D eigenvalue weighted by atomic mass is 32.2. The van der Waals surface area contributed by atoms with Crippen LogP contribution < -0.4 is 16.2 Å². The lowest BCUT2D eigenvalue weighted by molar-refractivity contribution is 0.1000. The molecule has 0 unspecified atom stereocenters. The number of carbonyl (C=O) groups is 1. The van der Waals surface area contributed by atoms with Crippen LogP contribution in [0.5, 0.6) is 0 Å². The van der Waals surface area contributed by atoms with Crippen molar-refractivity contribution in [3.05, 3.63) is 39.8 Å². The van der Waals surface area contributed by atoms with Crippen LogP contribution in [-0.2, 0) is 16.6 Å². The summed E-state index contributed by atoms with van der Waals surface area (Å²) in [7, 11) is -3.77. The second-order valence-corrected chi connectivity index (χ2v) is 7.34. The molecule has 2 aromatic rings. The van der Waals surface area contributed by atoms with E-state index in [1.54, 1.807) is 6.20 Å².